The average Bonchev–Trinajstić information content (AvgIpc) is 3.38. The highest BCUT2D eigenvalue weighted by atomic mass is 16.3. The summed E-state index contributed by atoms with van der Waals surface area (Å²) in [6, 6.07) is 14.1. The normalized spacial score (nSPS) is 12.1. The number of furan rings is 2. The molecule has 26 heavy (non-hydrogen) atoms. The molecule has 3 aromatic rings. The number of amides is 1. The molecule has 0 aliphatic carbocycles. The summed E-state index contributed by atoms with van der Waals surface area (Å²) >= 11 is 0. The number of hydrazone groups is 2. The molecule has 0 spiro atoms. The molecular formula is C19H18N4O3. The molecule has 2 aromatic heterocycles. The first-order chi connectivity index (χ1) is 12.6. The molecule has 0 aliphatic heterocycles. The molecule has 0 saturated carbocycles. The largest absolute Gasteiger partial charge is 0.463 e. The van der Waals surface area contributed by atoms with E-state index < -0.39 is 0 Å². The van der Waals surface area contributed by atoms with Crippen LogP contribution in [0.3, 0.4) is 0 Å². The number of rotatable bonds is 6. The summed E-state index contributed by atoms with van der Waals surface area (Å²) in [5.41, 5.74) is 7.97. The Hall–Kier alpha value is -3.61. The second kappa shape index (κ2) is 7.98. The van der Waals surface area contributed by atoms with Gasteiger partial charge in [-0.15, -0.1) is 0 Å². The molecule has 7 heteroatoms. The molecular weight excluding hydrogens is 332 g/mol. The van der Waals surface area contributed by atoms with Gasteiger partial charge < -0.3 is 8.83 Å². The second-order valence-corrected chi connectivity index (χ2v) is 5.48. The van der Waals surface area contributed by atoms with Crippen LogP contribution in [0.1, 0.15) is 35.7 Å². The molecule has 2 heterocycles. The van der Waals surface area contributed by atoms with Crippen molar-refractivity contribution in [1.82, 2.24) is 5.43 Å². The smallest absolute Gasteiger partial charge is 0.271 e. The maximum atomic E-state index is 12.1. The Morgan fingerprint density at radius 3 is 1.96 bits per heavy atom. The molecule has 2 N–H and O–H groups in total. The number of carbonyl (C=O) groups is 1. The number of anilines is 1. The van der Waals surface area contributed by atoms with E-state index in [1.54, 1.807) is 61.9 Å². The van der Waals surface area contributed by atoms with E-state index >= 15 is 0 Å². The minimum absolute atomic E-state index is 0.308. The Morgan fingerprint density at radius 1 is 0.846 bits per heavy atom. The Labute approximate surface area is 150 Å². The minimum Gasteiger partial charge on any atom is -0.463 e. The molecule has 0 bridgehead atoms. The zero-order chi connectivity index (χ0) is 18.4. The van der Waals surface area contributed by atoms with Gasteiger partial charge in [0.2, 0.25) is 0 Å². The zero-order valence-corrected chi connectivity index (χ0v) is 14.4. The number of carbonyl (C=O) groups excluding carboxylic acids is 1. The number of hydrogen-bond donors (Lipinski definition) is 2. The van der Waals surface area contributed by atoms with Crippen molar-refractivity contribution in [3.05, 3.63) is 78.1 Å². The van der Waals surface area contributed by atoms with Gasteiger partial charge in [-0.25, -0.2) is 5.43 Å². The molecule has 0 unspecified atom stereocenters. The first-order valence-corrected chi connectivity index (χ1v) is 7.96. The molecule has 0 aliphatic rings. The second-order valence-electron chi connectivity index (χ2n) is 5.48. The first kappa shape index (κ1) is 17.2. The van der Waals surface area contributed by atoms with Crippen LogP contribution in [-0.4, -0.2) is 17.3 Å². The fourth-order valence-corrected chi connectivity index (χ4v) is 2.12. The van der Waals surface area contributed by atoms with Gasteiger partial charge in [0.1, 0.15) is 22.9 Å². The predicted octanol–water partition coefficient (Wildman–Crippen LogP) is 3.86. The fourth-order valence-electron chi connectivity index (χ4n) is 2.12. The summed E-state index contributed by atoms with van der Waals surface area (Å²) in [6.07, 6.45) is 3.15. The summed E-state index contributed by atoms with van der Waals surface area (Å²) in [5.74, 6) is 0.991. The topological polar surface area (TPSA) is 92.1 Å². The van der Waals surface area contributed by atoms with Crippen LogP contribution in [-0.2, 0) is 0 Å². The standard InChI is InChI=1S/C19H18N4O3/c1-13(17-5-3-11-25-17)20-22-16-9-7-15(8-10-16)19(24)23-21-14(2)18-6-4-12-26-18/h3-12,22H,1-2H3,(H,23,24)/b20-13-,21-14-. The molecule has 0 atom stereocenters. The maximum absolute atomic E-state index is 12.1. The van der Waals surface area contributed by atoms with Gasteiger partial charge >= 0.3 is 0 Å². The van der Waals surface area contributed by atoms with Crippen LogP contribution in [0.25, 0.3) is 0 Å². The lowest BCUT2D eigenvalue weighted by Crippen LogP contribution is -2.19. The van der Waals surface area contributed by atoms with Gasteiger partial charge in [-0.2, -0.15) is 10.2 Å². The number of benzene rings is 1. The summed E-state index contributed by atoms with van der Waals surface area (Å²) in [6.45, 7) is 3.60. The Kier molecular flexibility index (Phi) is 5.28. The molecule has 7 nitrogen and oxygen atoms in total. The molecule has 1 amide bonds. The van der Waals surface area contributed by atoms with Gasteiger partial charge in [0, 0.05) is 5.56 Å². The van der Waals surface area contributed by atoms with Gasteiger partial charge in [0.05, 0.1) is 18.2 Å². The van der Waals surface area contributed by atoms with Crippen LogP contribution in [0.4, 0.5) is 5.69 Å². The number of hydrogen-bond acceptors (Lipinski definition) is 6. The van der Waals surface area contributed by atoms with Crippen molar-refractivity contribution in [2.45, 2.75) is 13.8 Å². The fraction of sp³-hybridized carbons (Fsp3) is 0.105. The van der Waals surface area contributed by atoms with Crippen molar-refractivity contribution in [2.24, 2.45) is 10.2 Å². The van der Waals surface area contributed by atoms with Gasteiger partial charge in [-0.3, -0.25) is 10.2 Å². The monoisotopic (exact) mass is 350 g/mol. The maximum Gasteiger partial charge on any atom is 0.271 e. The van der Waals surface area contributed by atoms with Crippen molar-refractivity contribution >= 4 is 23.0 Å². The Morgan fingerprint density at radius 2 is 1.42 bits per heavy atom. The summed E-state index contributed by atoms with van der Waals surface area (Å²) in [7, 11) is 0. The SMILES string of the molecule is C/C(=N/NC(=O)c1ccc(N/N=C(/C)c2ccco2)cc1)c1ccco1. The summed E-state index contributed by atoms with van der Waals surface area (Å²) in [4.78, 5) is 12.1. The van der Waals surface area contributed by atoms with Crippen molar-refractivity contribution in [3.63, 3.8) is 0 Å². The average molecular weight is 350 g/mol. The lowest BCUT2D eigenvalue weighted by molar-refractivity contribution is 0.0955. The van der Waals surface area contributed by atoms with E-state index in [0.717, 1.165) is 11.4 Å². The van der Waals surface area contributed by atoms with Crippen molar-refractivity contribution in [1.29, 1.82) is 0 Å². The predicted molar refractivity (Wildman–Crippen MR) is 99.4 cm³/mol. The Balaban J connectivity index is 1.59. The summed E-state index contributed by atoms with van der Waals surface area (Å²) < 4.78 is 10.5. The lowest BCUT2D eigenvalue weighted by atomic mass is 10.2. The van der Waals surface area contributed by atoms with E-state index in [1.165, 1.54) is 0 Å². The van der Waals surface area contributed by atoms with Crippen molar-refractivity contribution in [3.8, 4) is 0 Å². The Bertz CT molecular complexity index is 908. The van der Waals surface area contributed by atoms with Crippen LogP contribution in [0.15, 0.2) is 80.1 Å². The highest BCUT2D eigenvalue weighted by Gasteiger charge is 2.06. The van der Waals surface area contributed by atoms with Gasteiger partial charge in [-0.1, -0.05) is 0 Å². The third-order valence-electron chi connectivity index (χ3n) is 3.58. The highest BCUT2D eigenvalue weighted by Crippen LogP contribution is 2.11. The first-order valence-electron chi connectivity index (χ1n) is 7.96. The van der Waals surface area contributed by atoms with Crippen LogP contribution in [0.2, 0.25) is 0 Å². The van der Waals surface area contributed by atoms with E-state index in [4.69, 9.17) is 8.83 Å². The van der Waals surface area contributed by atoms with E-state index in [-0.39, 0.29) is 5.91 Å². The third-order valence-corrected chi connectivity index (χ3v) is 3.58. The van der Waals surface area contributed by atoms with Crippen LogP contribution >= 0.6 is 0 Å². The molecule has 0 radical (unpaired) electrons. The molecule has 3 rings (SSSR count). The van der Waals surface area contributed by atoms with Gasteiger partial charge in [0.25, 0.3) is 5.91 Å². The van der Waals surface area contributed by atoms with E-state index in [2.05, 4.69) is 21.1 Å². The summed E-state index contributed by atoms with van der Waals surface area (Å²) in [5, 5.41) is 8.27. The zero-order valence-electron chi connectivity index (χ0n) is 14.4. The third kappa shape index (κ3) is 4.27. The van der Waals surface area contributed by atoms with Gasteiger partial charge in [-0.05, 0) is 62.4 Å². The number of nitrogens with zero attached hydrogens (tertiary/aromatic N) is 2. The molecule has 1 aromatic carbocycles. The quantitative estimate of drug-likeness (QED) is 0.521. The van der Waals surface area contributed by atoms with Crippen molar-refractivity contribution in [2.75, 3.05) is 5.43 Å². The molecule has 132 valence electrons. The van der Waals surface area contributed by atoms with Crippen LogP contribution in [0, 0.1) is 0 Å². The van der Waals surface area contributed by atoms with Crippen LogP contribution < -0.4 is 10.9 Å². The highest BCUT2D eigenvalue weighted by molar-refractivity contribution is 5.99. The minimum atomic E-state index is -0.308. The van der Waals surface area contributed by atoms with E-state index in [0.29, 0.717) is 22.8 Å². The molecule has 0 fully saturated rings. The number of nitrogens with one attached hydrogen (secondary N) is 2. The van der Waals surface area contributed by atoms with Crippen LogP contribution in [0.5, 0.6) is 0 Å². The van der Waals surface area contributed by atoms with E-state index in [1.807, 2.05) is 13.0 Å². The lowest BCUT2D eigenvalue weighted by Gasteiger charge is -2.04. The van der Waals surface area contributed by atoms with E-state index in [9.17, 15) is 4.79 Å². The van der Waals surface area contributed by atoms with Crippen molar-refractivity contribution < 1.29 is 13.6 Å². The molecule has 0 saturated heterocycles. The van der Waals surface area contributed by atoms with Gasteiger partial charge in [0.15, 0.2) is 0 Å².